The number of imidazole rings is 1. The molecule has 3 rings (SSSR count). The topological polar surface area (TPSA) is 81.7 Å². The van der Waals surface area contributed by atoms with Crippen molar-refractivity contribution in [3.63, 3.8) is 0 Å². The Kier molecular flexibility index (Phi) is 2.88. The van der Waals surface area contributed by atoms with Gasteiger partial charge >= 0.3 is 5.82 Å². The zero-order chi connectivity index (χ0) is 12.5. The van der Waals surface area contributed by atoms with Crippen LogP contribution in [0.25, 0.3) is 4.96 Å². The molecule has 1 saturated heterocycles. The van der Waals surface area contributed by atoms with Crippen LogP contribution in [0.1, 0.15) is 12.8 Å². The Balaban J connectivity index is 1.83. The number of thiazole rings is 1. The standard InChI is InChI=1S/C10H12N4O3S/c15-14(16)9-8(11-6-7-2-1-4-17-7)12-10-13(9)3-5-18-10/h3,5,7,11H,1-2,4,6H2/t7-/m0/s1. The fourth-order valence-electron chi connectivity index (χ4n) is 2.08. The molecule has 0 bridgehead atoms. The maximum atomic E-state index is 11.1. The van der Waals surface area contributed by atoms with Gasteiger partial charge in [-0.1, -0.05) is 11.3 Å². The molecule has 1 N–H and O–H groups in total. The molecule has 0 saturated carbocycles. The SMILES string of the molecule is O=[N+]([O-])c1c(NC[C@@H]2CCCO2)nc2sccn12. The van der Waals surface area contributed by atoms with Crippen molar-refractivity contribution in [2.75, 3.05) is 18.5 Å². The lowest BCUT2D eigenvalue weighted by Crippen LogP contribution is -2.19. The molecule has 2 aromatic heterocycles. The van der Waals surface area contributed by atoms with E-state index in [-0.39, 0.29) is 11.9 Å². The van der Waals surface area contributed by atoms with Gasteiger partial charge in [-0.05, 0) is 17.8 Å². The van der Waals surface area contributed by atoms with E-state index < -0.39 is 4.92 Å². The minimum absolute atomic E-state index is 0.00996. The van der Waals surface area contributed by atoms with Crippen molar-refractivity contribution in [1.82, 2.24) is 9.38 Å². The minimum Gasteiger partial charge on any atom is -0.376 e. The number of nitro groups is 1. The maximum Gasteiger partial charge on any atom is 0.372 e. The first kappa shape index (κ1) is 11.4. The first-order valence-electron chi connectivity index (χ1n) is 5.71. The van der Waals surface area contributed by atoms with E-state index in [9.17, 15) is 10.1 Å². The van der Waals surface area contributed by atoms with Crippen LogP contribution in [0.2, 0.25) is 0 Å². The summed E-state index contributed by atoms with van der Waals surface area (Å²) in [5.74, 6) is 0.312. The van der Waals surface area contributed by atoms with Gasteiger partial charge in [0, 0.05) is 18.5 Å². The lowest BCUT2D eigenvalue weighted by atomic mass is 10.2. The molecule has 2 aromatic rings. The Morgan fingerprint density at radius 3 is 3.33 bits per heavy atom. The highest BCUT2D eigenvalue weighted by molar-refractivity contribution is 7.15. The Morgan fingerprint density at radius 2 is 2.61 bits per heavy atom. The second-order valence-corrected chi connectivity index (χ2v) is 4.99. The van der Waals surface area contributed by atoms with Gasteiger partial charge in [-0.3, -0.25) is 0 Å². The molecule has 0 aliphatic carbocycles. The van der Waals surface area contributed by atoms with Gasteiger partial charge in [0.1, 0.15) is 6.20 Å². The number of hydrogen-bond acceptors (Lipinski definition) is 6. The van der Waals surface area contributed by atoms with E-state index in [1.165, 1.54) is 15.7 Å². The molecule has 18 heavy (non-hydrogen) atoms. The molecule has 96 valence electrons. The molecule has 0 amide bonds. The van der Waals surface area contributed by atoms with Crippen molar-refractivity contribution in [1.29, 1.82) is 0 Å². The molecule has 3 heterocycles. The summed E-state index contributed by atoms with van der Waals surface area (Å²) >= 11 is 1.37. The largest absolute Gasteiger partial charge is 0.376 e. The quantitative estimate of drug-likeness (QED) is 0.676. The summed E-state index contributed by atoms with van der Waals surface area (Å²) in [6.07, 6.45) is 3.82. The summed E-state index contributed by atoms with van der Waals surface area (Å²) in [5, 5.41) is 15.9. The van der Waals surface area contributed by atoms with Crippen LogP contribution in [0, 0.1) is 10.1 Å². The first-order chi connectivity index (χ1) is 8.75. The van der Waals surface area contributed by atoms with Crippen LogP contribution >= 0.6 is 11.3 Å². The Morgan fingerprint density at radius 1 is 1.72 bits per heavy atom. The van der Waals surface area contributed by atoms with Crippen molar-refractivity contribution < 1.29 is 9.66 Å². The molecular formula is C10H12N4O3S. The number of rotatable bonds is 4. The van der Waals surface area contributed by atoms with E-state index in [2.05, 4.69) is 10.3 Å². The summed E-state index contributed by atoms with van der Waals surface area (Å²) in [6, 6.07) is 0. The van der Waals surface area contributed by atoms with Crippen molar-refractivity contribution >= 4 is 27.9 Å². The van der Waals surface area contributed by atoms with Crippen LogP contribution in [0.15, 0.2) is 11.6 Å². The molecule has 7 nitrogen and oxygen atoms in total. The molecule has 0 radical (unpaired) electrons. The van der Waals surface area contributed by atoms with Gasteiger partial charge in [0.2, 0.25) is 5.82 Å². The number of nitrogens with zero attached hydrogens (tertiary/aromatic N) is 3. The third kappa shape index (κ3) is 1.93. The molecule has 1 aliphatic heterocycles. The van der Waals surface area contributed by atoms with Crippen LogP contribution in [-0.2, 0) is 4.74 Å². The fraction of sp³-hybridized carbons (Fsp3) is 0.500. The Hall–Kier alpha value is -1.67. The number of anilines is 1. The molecule has 0 spiro atoms. The summed E-state index contributed by atoms with van der Waals surface area (Å²) in [4.78, 5) is 15.5. The molecule has 1 aliphatic rings. The predicted octanol–water partition coefficient (Wildman–Crippen LogP) is 1.89. The van der Waals surface area contributed by atoms with Gasteiger partial charge in [0.05, 0.1) is 6.10 Å². The van der Waals surface area contributed by atoms with Crippen LogP contribution in [0.3, 0.4) is 0 Å². The lowest BCUT2D eigenvalue weighted by molar-refractivity contribution is -0.389. The van der Waals surface area contributed by atoms with Crippen molar-refractivity contribution in [3.05, 3.63) is 21.7 Å². The number of nitrogens with one attached hydrogen (secondary N) is 1. The van der Waals surface area contributed by atoms with Gasteiger partial charge in [-0.25, -0.2) is 0 Å². The second kappa shape index (κ2) is 4.54. The maximum absolute atomic E-state index is 11.1. The molecule has 8 heteroatoms. The van der Waals surface area contributed by atoms with Crippen molar-refractivity contribution in [2.24, 2.45) is 0 Å². The van der Waals surface area contributed by atoms with Crippen molar-refractivity contribution in [3.8, 4) is 0 Å². The highest BCUT2D eigenvalue weighted by atomic mass is 32.1. The van der Waals surface area contributed by atoms with E-state index in [4.69, 9.17) is 4.74 Å². The number of fused-ring (bicyclic) bond motifs is 1. The van der Waals surface area contributed by atoms with Gasteiger partial charge in [0.25, 0.3) is 4.96 Å². The highest BCUT2D eigenvalue weighted by Gasteiger charge is 2.24. The van der Waals surface area contributed by atoms with Crippen molar-refractivity contribution in [2.45, 2.75) is 18.9 Å². The van der Waals surface area contributed by atoms with Crippen LogP contribution in [0.4, 0.5) is 11.6 Å². The van der Waals surface area contributed by atoms with E-state index in [0.29, 0.717) is 17.3 Å². The highest BCUT2D eigenvalue weighted by Crippen LogP contribution is 2.28. The third-order valence-electron chi connectivity index (χ3n) is 2.93. The number of ether oxygens (including phenoxy) is 1. The first-order valence-corrected chi connectivity index (χ1v) is 6.59. The number of aromatic nitrogens is 2. The fourth-order valence-corrected chi connectivity index (χ4v) is 2.79. The number of hydrogen-bond donors (Lipinski definition) is 1. The molecule has 0 aromatic carbocycles. The monoisotopic (exact) mass is 268 g/mol. The smallest absolute Gasteiger partial charge is 0.372 e. The predicted molar refractivity (Wildman–Crippen MR) is 67.2 cm³/mol. The zero-order valence-corrected chi connectivity index (χ0v) is 10.4. The Labute approximate surface area is 107 Å². The third-order valence-corrected chi connectivity index (χ3v) is 3.69. The van der Waals surface area contributed by atoms with Gasteiger partial charge in [-0.15, -0.1) is 0 Å². The minimum atomic E-state index is -0.412. The second-order valence-electron chi connectivity index (χ2n) is 4.11. The summed E-state index contributed by atoms with van der Waals surface area (Å²) < 4.78 is 6.95. The van der Waals surface area contributed by atoms with Gasteiger partial charge < -0.3 is 20.2 Å². The molecule has 1 atom stereocenters. The molecular weight excluding hydrogens is 256 g/mol. The van der Waals surface area contributed by atoms with Crippen LogP contribution < -0.4 is 5.32 Å². The normalized spacial score (nSPS) is 19.4. The lowest BCUT2D eigenvalue weighted by Gasteiger charge is -2.09. The average Bonchev–Trinajstić information content (AvgIpc) is 3.01. The molecule has 1 fully saturated rings. The summed E-state index contributed by atoms with van der Waals surface area (Å²) in [7, 11) is 0. The van der Waals surface area contributed by atoms with E-state index in [1.54, 1.807) is 11.6 Å². The van der Waals surface area contributed by atoms with E-state index >= 15 is 0 Å². The average molecular weight is 268 g/mol. The van der Waals surface area contributed by atoms with Gasteiger partial charge in [0.15, 0.2) is 0 Å². The molecule has 0 unspecified atom stereocenters. The van der Waals surface area contributed by atoms with Gasteiger partial charge in [-0.2, -0.15) is 9.38 Å². The van der Waals surface area contributed by atoms with E-state index in [0.717, 1.165) is 19.4 Å². The Bertz CT molecular complexity index is 573. The van der Waals surface area contributed by atoms with Crippen LogP contribution in [0.5, 0.6) is 0 Å². The van der Waals surface area contributed by atoms with E-state index in [1.807, 2.05) is 0 Å². The zero-order valence-electron chi connectivity index (χ0n) is 9.54. The summed E-state index contributed by atoms with van der Waals surface area (Å²) in [6.45, 7) is 1.33. The van der Waals surface area contributed by atoms with Crippen LogP contribution in [-0.4, -0.2) is 33.6 Å². The summed E-state index contributed by atoms with van der Waals surface area (Å²) in [5.41, 5.74) is 0.